The average Bonchev–Trinajstić information content (AvgIpc) is 3.44. The second kappa shape index (κ2) is 9.74. The molecule has 4 rings (SSSR count). The van der Waals surface area contributed by atoms with E-state index < -0.39 is 0 Å². The lowest BCUT2D eigenvalue weighted by Gasteiger charge is -2.13. The van der Waals surface area contributed by atoms with Gasteiger partial charge in [0.25, 0.3) is 0 Å². The first kappa shape index (κ1) is 21.7. The molecule has 0 aliphatic carbocycles. The van der Waals surface area contributed by atoms with Crippen LogP contribution in [0.3, 0.4) is 0 Å². The van der Waals surface area contributed by atoms with Gasteiger partial charge in [-0.3, -0.25) is 9.36 Å². The molecule has 0 aliphatic rings. The molecular formula is C21H16Cl2N4O2S2. The Balaban J connectivity index is 1.60. The summed E-state index contributed by atoms with van der Waals surface area (Å²) >= 11 is 14.9. The van der Waals surface area contributed by atoms with Crippen molar-refractivity contribution in [1.82, 2.24) is 14.8 Å². The van der Waals surface area contributed by atoms with Gasteiger partial charge in [0, 0.05) is 5.02 Å². The van der Waals surface area contributed by atoms with Crippen molar-refractivity contribution in [2.75, 3.05) is 18.2 Å². The van der Waals surface area contributed by atoms with Crippen molar-refractivity contribution in [2.45, 2.75) is 5.16 Å². The lowest BCUT2D eigenvalue weighted by molar-refractivity contribution is -0.113. The molecule has 0 atom stereocenters. The number of hydrogen-bond donors (Lipinski definition) is 1. The minimum Gasteiger partial charge on any atom is -0.495 e. The predicted molar refractivity (Wildman–Crippen MR) is 127 cm³/mol. The number of carbonyl (C=O) groups excluding carboxylic acids is 1. The molecule has 2 heterocycles. The Morgan fingerprint density at radius 3 is 2.74 bits per heavy atom. The van der Waals surface area contributed by atoms with Crippen LogP contribution in [-0.2, 0) is 4.79 Å². The Morgan fingerprint density at radius 1 is 1.16 bits per heavy atom. The summed E-state index contributed by atoms with van der Waals surface area (Å²) in [5.41, 5.74) is 1.30. The molecule has 0 saturated heterocycles. The number of para-hydroxylation sites is 2. The Kier molecular flexibility index (Phi) is 6.82. The quantitative estimate of drug-likeness (QED) is 0.319. The third-order valence-corrected chi connectivity index (χ3v) is 6.58. The number of hydrogen-bond acceptors (Lipinski definition) is 6. The molecule has 1 amide bonds. The molecule has 0 fully saturated rings. The van der Waals surface area contributed by atoms with Crippen LogP contribution >= 0.6 is 46.3 Å². The molecule has 0 unspecified atom stereocenters. The maximum Gasteiger partial charge on any atom is 0.234 e. The van der Waals surface area contributed by atoms with Gasteiger partial charge in [0.1, 0.15) is 5.75 Å². The Bertz CT molecular complexity index is 1210. The Labute approximate surface area is 197 Å². The number of benzene rings is 2. The highest BCUT2D eigenvalue weighted by Gasteiger charge is 2.20. The second-order valence-corrected chi connectivity index (χ2v) is 8.99. The maximum absolute atomic E-state index is 12.5. The van der Waals surface area contributed by atoms with Crippen LogP contribution in [0.15, 0.2) is 65.1 Å². The molecule has 0 bridgehead atoms. The van der Waals surface area contributed by atoms with E-state index in [1.54, 1.807) is 36.6 Å². The number of amides is 1. The molecule has 0 radical (unpaired) electrons. The van der Waals surface area contributed by atoms with Crippen molar-refractivity contribution in [2.24, 2.45) is 0 Å². The highest BCUT2D eigenvalue weighted by atomic mass is 35.5. The summed E-state index contributed by atoms with van der Waals surface area (Å²) in [4.78, 5) is 13.5. The highest BCUT2D eigenvalue weighted by Crippen LogP contribution is 2.34. The van der Waals surface area contributed by atoms with E-state index in [0.717, 1.165) is 10.6 Å². The number of ether oxygens (including phenoxy) is 1. The Hall–Kier alpha value is -2.52. The molecule has 0 spiro atoms. The molecule has 2 aromatic carbocycles. The lowest BCUT2D eigenvalue weighted by atomic mass is 10.3. The van der Waals surface area contributed by atoms with Gasteiger partial charge in [0.05, 0.1) is 34.1 Å². The van der Waals surface area contributed by atoms with Crippen LogP contribution in [0.1, 0.15) is 0 Å². The summed E-state index contributed by atoms with van der Waals surface area (Å²) in [6, 6.07) is 16.5. The van der Waals surface area contributed by atoms with Gasteiger partial charge in [-0.15, -0.1) is 21.5 Å². The minimum atomic E-state index is -0.221. The number of nitrogens with zero attached hydrogens (tertiary/aromatic N) is 3. The second-order valence-electron chi connectivity index (χ2n) is 6.25. The molecule has 10 heteroatoms. The van der Waals surface area contributed by atoms with Gasteiger partial charge in [0.15, 0.2) is 11.0 Å². The third kappa shape index (κ3) is 4.88. The summed E-state index contributed by atoms with van der Waals surface area (Å²) in [5.74, 6) is 1.26. The van der Waals surface area contributed by atoms with Crippen molar-refractivity contribution in [3.63, 3.8) is 0 Å². The number of anilines is 1. The van der Waals surface area contributed by atoms with E-state index in [0.29, 0.717) is 32.5 Å². The molecule has 158 valence electrons. The first-order valence-corrected chi connectivity index (χ1v) is 11.7. The highest BCUT2D eigenvalue weighted by molar-refractivity contribution is 7.99. The van der Waals surface area contributed by atoms with Gasteiger partial charge < -0.3 is 10.1 Å². The fraction of sp³-hybridized carbons (Fsp3) is 0.0952. The van der Waals surface area contributed by atoms with E-state index in [2.05, 4.69) is 15.5 Å². The molecule has 31 heavy (non-hydrogen) atoms. The average molecular weight is 491 g/mol. The first-order valence-electron chi connectivity index (χ1n) is 9.07. The summed E-state index contributed by atoms with van der Waals surface area (Å²) in [6.07, 6.45) is 0. The standard InChI is InChI=1S/C21H16Cl2N4O2S2/c1-29-17-6-3-2-5-16(17)27-20(18-7-4-10-30-18)25-26-21(27)31-12-19(28)24-15-9-8-13(22)11-14(15)23/h2-11H,12H2,1H3,(H,24,28). The number of rotatable bonds is 7. The van der Waals surface area contributed by atoms with Crippen molar-refractivity contribution in [3.8, 4) is 22.1 Å². The third-order valence-electron chi connectivity index (χ3n) is 4.24. The first-order chi connectivity index (χ1) is 15.1. The van der Waals surface area contributed by atoms with E-state index in [1.807, 2.05) is 46.3 Å². The van der Waals surface area contributed by atoms with E-state index in [1.165, 1.54) is 11.8 Å². The van der Waals surface area contributed by atoms with Crippen molar-refractivity contribution in [3.05, 3.63) is 70.0 Å². The van der Waals surface area contributed by atoms with Gasteiger partial charge in [-0.2, -0.15) is 0 Å². The van der Waals surface area contributed by atoms with Crippen LogP contribution in [0.4, 0.5) is 5.69 Å². The van der Waals surface area contributed by atoms with Gasteiger partial charge in [-0.25, -0.2) is 0 Å². The number of thiophene rings is 1. The number of thioether (sulfide) groups is 1. The van der Waals surface area contributed by atoms with Crippen LogP contribution in [0.25, 0.3) is 16.4 Å². The number of nitrogens with one attached hydrogen (secondary N) is 1. The predicted octanol–water partition coefficient (Wildman–Crippen LogP) is 6.04. The fourth-order valence-electron chi connectivity index (χ4n) is 2.87. The summed E-state index contributed by atoms with van der Waals surface area (Å²) < 4.78 is 7.44. The van der Waals surface area contributed by atoms with E-state index in [4.69, 9.17) is 27.9 Å². The molecule has 6 nitrogen and oxygen atoms in total. The van der Waals surface area contributed by atoms with E-state index >= 15 is 0 Å². The summed E-state index contributed by atoms with van der Waals surface area (Å²) in [5, 5.41) is 14.9. The van der Waals surface area contributed by atoms with Crippen LogP contribution in [0, 0.1) is 0 Å². The number of halogens is 2. The Morgan fingerprint density at radius 2 is 2.00 bits per heavy atom. The molecule has 4 aromatic rings. The minimum absolute atomic E-state index is 0.122. The zero-order chi connectivity index (χ0) is 21.8. The van der Waals surface area contributed by atoms with E-state index in [9.17, 15) is 4.79 Å². The zero-order valence-corrected chi connectivity index (χ0v) is 19.4. The summed E-state index contributed by atoms with van der Waals surface area (Å²) in [6.45, 7) is 0. The van der Waals surface area contributed by atoms with Crippen LogP contribution in [-0.4, -0.2) is 33.5 Å². The molecule has 0 saturated carbocycles. The normalized spacial score (nSPS) is 10.8. The molecular weight excluding hydrogens is 475 g/mol. The number of aromatic nitrogens is 3. The maximum atomic E-state index is 12.5. The van der Waals surface area contributed by atoms with Crippen LogP contribution in [0.5, 0.6) is 5.75 Å². The SMILES string of the molecule is COc1ccccc1-n1c(SCC(=O)Nc2ccc(Cl)cc2Cl)nnc1-c1cccs1. The summed E-state index contributed by atoms with van der Waals surface area (Å²) in [7, 11) is 1.62. The van der Waals surface area contributed by atoms with Crippen LogP contribution < -0.4 is 10.1 Å². The van der Waals surface area contributed by atoms with Crippen molar-refractivity contribution in [1.29, 1.82) is 0 Å². The van der Waals surface area contributed by atoms with E-state index in [-0.39, 0.29) is 11.7 Å². The monoisotopic (exact) mass is 490 g/mol. The topological polar surface area (TPSA) is 69.0 Å². The van der Waals surface area contributed by atoms with Crippen molar-refractivity contribution >= 4 is 57.9 Å². The molecule has 2 aromatic heterocycles. The van der Waals surface area contributed by atoms with Crippen LogP contribution in [0.2, 0.25) is 10.0 Å². The zero-order valence-electron chi connectivity index (χ0n) is 16.2. The smallest absolute Gasteiger partial charge is 0.234 e. The largest absolute Gasteiger partial charge is 0.495 e. The van der Waals surface area contributed by atoms with Gasteiger partial charge >= 0.3 is 0 Å². The van der Waals surface area contributed by atoms with Gasteiger partial charge in [0.2, 0.25) is 5.91 Å². The molecule has 1 N–H and O–H groups in total. The number of methoxy groups -OCH3 is 1. The van der Waals surface area contributed by atoms with Crippen molar-refractivity contribution < 1.29 is 9.53 Å². The number of carbonyl (C=O) groups is 1. The van der Waals surface area contributed by atoms with Gasteiger partial charge in [-0.05, 0) is 41.8 Å². The fourth-order valence-corrected chi connectivity index (χ4v) is 4.77. The lowest BCUT2D eigenvalue weighted by Crippen LogP contribution is -2.15. The molecule has 0 aliphatic heterocycles. The van der Waals surface area contributed by atoms with Gasteiger partial charge in [-0.1, -0.05) is 53.2 Å².